The highest BCUT2D eigenvalue weighted by atomic mass is 16.5. The van der Waals surface area contributed by atoms with Crippen molar-refractivity contribution in [1.29, 1.82) is 0 Å². The summed E-state index contributed by atoms with van der Waals surface area (Å²) in [7, 11) is 0. The first-order valence-electron chi connectivity index (χ1n) is 38.1. The van der Waals surface area contributed by atoms with Crippen LogP contribution in [0.1, 0.15) is 431 Å². The van der Waals surface area contributed by atoms with E-state index in [2.05, 4.69) is 31.3 Å². The van der Waals surface area contributed by atoms with Gasteiger partial charge >= 0.3 is 5.97 Å². The summed E-state index contributed by atoms with van der Waals surface area (Å²) in [6, 6.07) is -0.626. The predicted molar refractivity (Wildman–Crippen MR) is 366 cm³/mol. The summed E-state index contributed by atoms with van der Waals surface area (Å²) in [6.07, 6.45) is 92.9. The van der Waals surface area contributed by atoms with Crippen LogP contribution in [-0.4, -0.2) is 47.4 Å². The molecule has 492 valence electrons. The van der Waals surface area contributed by atoms with Gasteiger partial charge in [-0.15, -0.1) is 0 Å². The SMILES string of the molecule is CCCCCCCCCCCCCCCCCCC/C=C/C(O)C(CO)NC(=O)CCCCCCCCCCCCCCCCCCC/C=C\CCCCCCCCCCCCCCOC(=O)CCCCCCCCCCCCCCCC. The van der Waals surface area contributed by atoms with Crippen molar-refractivity contribution in [3.8, 4) is 0 Å². The molecule has 0 aromatic carbocycles. The fourth-order valence-electron chi connectivity index (χ4n) is 12.2. The molecule has 0 bridgehead atoms. The van der Waals surface area contributed by atoms with Gasteiger partial charge in [0, 0.05) is 12.8 Å². The molecule has 0 spiro atoms. The molecule has 2 unspecified atom stereocenters. The highest BCUT2D eigenvalue weighted by Crippen LogP contribution is 2.19. The highest BCUT2D eigenvalue weighted by molar-refractivity contribution is 5.76. The second-order valence-corrected chi connectivity index (χ2v) is 26.3. The first kappa shape index (κ1) is 81.3. The van der Waals surface area contributed by atoms with E-state index in [1.807, 2.05) is 6.08 Å². The molecule has 0 saturated heterocycles. The molecule has 6 nitrogen and oxygen atoms in total. The largest absolute Gasteiger partial charge is 0.466 e. The Hall–Kier alpha value is -1.66. The molecule has 0 heterocycles. The third-order valence-electron chi connectivity index (χ3n) is 18.0. The van der Waals surface area contributed by atoms with Crippen LogP contribution in [0.2, 0.25) is 0 Å². The third kappa shape index (κ3) is 69.3. The number of allylic oxidation sites excluding steroid dienone is 3. The maximum atomic E-state index is 12.5. The number of hydrogen-bond acceptors (Lipinski definition) is 5. The number of carbonyl (C=O) groups excluding carboxylic acids is 2. The van der Waals surface area contributed by atoms with E-state index in [4.69, 9.17) is 4.74 Å². The van der Waals surface area contributed by atoms with Crippen LogP contribution in [0.15, 0.2) is 24.3 Å². The Morgan fingerprint density at radius 1 is 0.325 bits per heavy atom. The maximum Gasteiger partial charge on any atom is 0.305 e. The zero-order valence-corrected chi connectivity index (χ0v) is 56.5. The van der Waals surface area contributed by atoms with Gasteiger partial charge in [0.2, 0.25) is 5.91 Å². The molecule has 0 aromatic heterocycles. The summed E-state index contributed by atoms with van der Waals surface area (Å²) in [5.74, 6) is -0.0392. The van der Waals surface area contributed by atoms with E-state index in [1.165, 1.54) is 366 Å². The van der Waals surface area contributed by atoms with E-state index in [0.29, 0.717) is 19.4 Å². The van der Waals surface area contributed by atoms with Crippen LogP contribution in [-0.2, 0) is 14.3 Å². The van der Waals surface area contributed by atoms with Crippen LogP contribution < -0.4 is 5.32 Å². The third-order valence-corrected chi connectivity index (χ3v) is 18.0. The Kier molecular flexibility index (Phi) is 71.4. The zero-order chi connectivity index (χ0) is 59.9. The van der Waals surface area contributed by atoms with Gasteiger partial charge in [-0.2, -0.15) is 0 Å². The van der Waals surface area contributed by atoms with Crippen molar-refractivity contribution in [2.45, 2.75) is 443 Å². The van der Waals surface area contributed by atoms with Crippen LogP contribution in [0.4, 0.5) is 0 Å². The summed E-state index contributed by atoms with van der Waals surface area (Å²) < 4.78 is 5.50. The van der Waals surface area contributed by atoms with Crippen molar-refractivity contribution in [2.75, 3.05) is 13.2 Å². The van der Waals surface area contributed by atoms with E-state index in [9.17, 15) is 19.8 Å². The van der Waals surface area contributed by atoms with Gasteiger partial charge in [-0.05, 0) is 57.8 Å². The topological polar surface area (TPSA) is 95.9 Å². The van der Waals surface area contributed by atoms with Crippen LogP contribution in [0.25, 0.3) is 0 Å². The number of nitrogens with one attached hydrogen (secondary N) is 1. The average Bonchev–Trinajstić information content (AvgIpc) is 3.48. The lowest BCUT2D eigenvalue weighted by atomic mass is 10.0. The summed E-state index contributed by atoms with van der Waals surface area (Å²) in [6.45, 7) is 4.95. The first-order valence-corrected chi connectivity index (χ1v) is 38.1. The first-order chi connectivity index (χ1) is 41.0. The quantitative estimate of drug-likeness (QED) is 0.0320. The Balaban J connectivity index is 3.36. The number of carbonyl (C=O) groups is 2. The molecule has 0 saturated carbocycles. The number of ether oxygens (including phenoxy) is 1. The minimum absolute atomic E-state index is 0.0215. The van der Waals surface area contributed by atoms with Gasteiger partial charge in [0.1, 0.15) is 0 Å². The molecule has 0 aliphatic heterocycles. The molecule has 0 aromatic rings. The van der Waals surface area contributed by atoms with Gasteiger partial charge in [-0.25, -0.2) is 0 Å². The molecule has 0 radical (unpaired) electrons. The van der Waals surface area contributed by atoms with Gasteiger partial charge in [0.25, 0.3) is 0 Å². The van der Waals surface area contributed by atoms with Crippen molar-refractivity contribution >= 4 is 11.9 Å². The molecule has 83 heavy (non-hydrogen) atoms. The number of esters is 1. The van der Waals surface area contributed by atoms with Crippen LogP contribution in [0.3, 0.4) is 0 Å². The standard InChI is InChI=1S/C77H149NO5/c1-3-5-7-9-11-13-15-17-19-20-36-39-42-45-49-53-57-61-65-69-75(80)74(73-79)78-76(81)70-66-62-58-54-50-46-43-40-37-34-32-30-28-26-24-22-21-23-25-27-29-31-33-35-38-41-44-48-52-56-60-64-68-72-83-77(82)71-67-63-59-55-51-47-18-16-14-12-10-8-6-4-2/h25,27,65,69,74-75,79-80H,3-24,26,28-64,66-68,70-73H2,1-2H3,(H,78,81)/b27-25-,69-65+. The molecule has 2 atom stereocenters. The van der Waals surface area contributed by atoms with Crippen molar-refractivity contribution in [1.82, 2.24) is 5.32 Å². The lowest BCUT2D eigenvalue weighted by molar-refractivity contribution is -0.143. The number of amides is 1. The Labute approximate surface area is 520 Å². The summed E-state index contributed by atoms with van der Waals surface area (Å²) in [4.78, 5) is 24.6. The monoisotopic (exact) mass is 1170 g/mol. The average molecular weight is 1170 g/mol. The minimum atomic E-state index is -0.843. The number of unbranched alkanes of at least 4 members (excludes halogenated alkanes) is 59. The second kappa shape index (κ2) is 72.8. The van der Waals surface area contributed by atoms with Crippen molar-refractivity contribution in [3.05, 3.63) is 24.3 Å². The lowest BCUT2D eigenvalue weighted by Crippen LogP contribution is -2.45. The van der Waals surface area contributed by atoms with Gasteiger partial charge in [0.15, 0.2) is 0 Å². The fourth-order valence-corrected chi connectivity index (χ4v) is 12.2. The van der Waals surface area contributed by atoms with Gasteiger partial charge in [-0.3, -0.25) is 9.59 Å². The Morgan fingerprint density at radius 3 is 0.855 bits per heavy atom. The predicted octanol–water partition coefficient (Wildman–Crippen LogP) is 24.9. The summed E-state index contributed by atoms with van der Waals surface area (Å²) in [5.41, 5.74) is 0. The molecule has 0 fully saturated rings. The molecule has 0 aliphatic rings. The van der Waals surface area contributed by atoms with Crippen LogP contribution >= 0.6 is 0 Å². The number of aliphatic hydroxyl groups excluding tert-OH is 2. The molecule has 6 heteroatoms. The molecular weight excluding hydrogens is 1020 g/mol. The zero-order valence-electron chi connectivity index (χ0n) is 56.5. The van der Waals surface area contributed by atoms with Crippen LogP contribution in [0.5, 0.6) is 0 Å². The number of rotatable bonds is 72. The summed E-state index contributed by atoms with van der Waals surface area (Å²) >= 11 is 0. The summed E-state index contributed by atoms with van der Waals surface area (Å²) in [5, 5.41) is 23.2. The molecular formula is C77H149NO5. The molecule has 0 aliphatic carbocycles. The van der Waals surface area contributed by atoms with E-state index < -0.39 is 12.1 Å². The second-order valence-electron chi connectivity index (χ2n) is 26.3. The van der Waals surface area contributed by atoms with Gasteiger partial charge in [-0.1, -0.05) is 385 Å². The van der Waals surface area contributed by atoms with E-state index in [1.54, 1.807) is 6.08 Å². The normalized spacial score (nSPS) is 12.6. The van der Waals surface area contributed by atoms with Crippen molar-refractivity contribution < 1.29 is 24.5 Å². The number of aliphatic hydroxyl groups is 2. The highest BCUT2D eigenvalue weighted by Gasteiger charge is 2.18. The Bertz CT molecular complexity index is 1300. The smallest absolute Gasteiger partial charge is 0.305 e. The van der Waals surface area contributed by atoms with Gasteiger partial charge < -0.3 is 20.3 Å². The molecule has 1 amide bonds. The molecule has 3 N–H and O–H groups in total. The fraction of sp³-hybridized carbons (Fsp3) is 0.922. The maximum absolute atomic E-state index is 12.5. The number of hydrogen-bond donors (Lipinski definition) is 3. The van der Waals surface area contributed by atoms with E-state index in [-0.39, 0.29) is 18.5 Å². The van der Waals surface area contributed by atoms with Gasteiger partial charge in [0.05, 0.1) is 25.4 Å². The van der Waals surface area contributed by atoms with Crippen LogP contribution in [0, 0.1) is 0 Å². The van der Waals surface area contributed by atoms with Crippen molar-refractivity contribution in [2.24, 2.45) is 0 Å². The Morgan fingerprint density at radius 2 is 0.566 bits per heavy atom. The minimum Gasteiger partial charge on any atom is -0.466 e. The van der Waals surface area contributed by atoms with Crippen molar-refractivity contribution in [3.63, 3.8) is 0 Å². The molecule has 0 rings (SSSR count). The van der Waals surface area contributed by atoms with E-state index >= 15 is 0 Å². The van der Waals surface area contributed by atoms with E-state index in [0.717, 1.165) is 38.5 Å². The lowest BCUT2D eigenvalue weighted by Gasteiger charge is -2.20.